The van der Waals surface area contributed by atoms with E-state index >= 15 is 0 Å². The fourth-order valence-corrected chi connectivity index (χ4v) is 2.41. The maximum Gasteiger partial charge on any atom is 0.152 e. The number of furan rings is 1. The van der Waals surface area contributed by atoms with Crippen molar-refractivity contribution in [2.24, 2.45) is 0 Å². The predicted molar refractivity (Wildman–Crippen MR) is 80.1 cm³/mol. The number of nitrogens with one attached hydrogen (secondary N) is 1. The Morgan fingerprint density at radius 1 is 1.19 bits per heavy atom. The highest BCUT2D eigenvalue weighted by molar-refractivity contribution is 5.69. The van der Waals surface area contributed by atoms with E-state index in [-0.39, 0.29) is 0 Å². The lowest BCUT2D eigenvalue weighted by Gasteiger charge is -2.26. The van der Waals surface area contributed by atoms with Crippen LogP contribution in [0.4, 0.5) is 5.82 Å². The predicted octanol–water partition coefficient (Wildman–Crippen LogP) is 1.87. The lowest BCUT2D eigenvalue weighted by molar-refractivity contribution is 0.0378. The minimum absolute atomic E-state index is 0.806. The standard InChI is InChI=1S/C15H20N4O2/c1(6-19-7-10-20-11-8-19)3-17-15-14(16-4-5-18-15)13-2-9-21-12-13/h2,4-5,9,12H,1,3,6-8,10-11H2,(H,17,18). The summed E-state index contributed by atoms with van der Waals surface area (Å²) in [4.78, 5) is 11.2. The van der Waals surface area contributed by atoms with Crippen molar-refractivity contribution in [1.82, 2.24) is 14.9 Å². The van der Waals surface area contributed by atoms with Gasteiger partial charge in [0, 0.05) is 37.6 Å². The molecule has 3 heterocycles. The summed E-state index contributed by atoms with van der Waals surface area (Å²) in [6.07, 6.45) is 7.80. The van der Waals surface area contributed by atoms with Crippen molar-refractivity contribution >= 4 is 5.82 Å². The molecule has 1 saturated heterocycles. The third-order valence-corrected chi connectivity index (χ3v) is 3.54. The van der Waals surface area contributed by atoms with Gasteiger partial charge in [-0.3, -0.25) is 9.88 Å². The SMILES string of the molecule is c1cnc(-c2ccoc2)c(NCCCN2CCOCC2)n1. The number of hydrogen-bond acceptors (Lipinski definition) is 6. The molecule has 0 saturated carbocycles. The van der Waals surface area contributed by atoms with Crippen molar-refractivity contribution < 1.29 is 9.15 Å². The van der Waals surface area contributed by atoms with E-state index in [2.05, 4.69) is 20.2 Å². The molecule has 1 fully saturated rings. The second kappa shape index (κ2) is 7.19. The van der Waals surface area contributed by atoms with Crippen LogP contribution in [0, 0.1) is 0 Å². The Morgan fingerprint density at radius 3 is 2.86 bits per heavy atom. The number of rotatable bonds is 6. The van der Waals surface area contributed by atoms with E-state index in [4.69, 9.17) is 9.15 Å². The summed E-state index contributed by atoms with van der Waals surface area (Å²) < 4.78 is 10.5. The number of nitrogens with zero attached hydrogens (tertiary/aromatic N) is 3. The zero-order valence-electron chi connectivity index (χ0n) is 12.0. The van der Waals surface area contributed by atoms with Crippen LogP contribution in [0.3, 0.4) is 0 Å². The first-order valence-corrected chi connectivity index (χ1v) is 7.31. The van der Waals surface area contributed by atoms with Gasteiger partial charge < -0.3 is 14.5 Å². The number of morpholine rings is 1. The first-order valence-electron chi connectivity index (χ1n) is 7.31. The molecule has 1 N–H and O–H groups in total. The summed E-state index contributed by atoms with van der Waals surface area (Å²) >= 11 is 0. The lowest BCUT2D eigenvalue weighted by atomic mass is 10.2. The van der Waals surface area contributed by atoms with Crippen molar-refractivity contribution in [2.75, 3.05) is 44.7 Å². The van der Waals surface area contributed by atoms with Gasteiger partial charge in [0.25, 0.3) is 0 Å². The Kier molecular flexibility index (Phi) is 4.81. The molecule has 0 atom stereocenters. The summed E-state index contributed by atoms with van der Waals surface area (Å²) in [7, 11) is 0. The van der Waals surface area contributed by atoms with Gasteiger partial charge in [-0.05, 0) is 19.0 Å². The van der Waals surface area contributed by atoms with Crippen LogP contribution in [0.1, 0.15) is 6.42 Å². The molecular weight excluding hydrogens is 268 g/mol. The molecular formula is C15H20N4O2. The maximum atomic E-state index is 5.35. The van der Waals surface area contributed by atoms with Crippen LogP contribution in [0.25, 0.3) is 11.3 Å². The Morgan fingerprint density at radius 2 is 2.05 bits per heavy atom. The highest BCUT2D eigenvalue weighted by Gasteiger charge is 2.11. The van der Waals surface area contributed by atoms with Crippen molar-refractivity contribution in [2.45, 2.75) is 6.42 Å². The van der Waals surface area contributed by atoms with E-state index in [9.17, 15) is 0 Å². The normalized spacial score (nSPS) is 16.0. The van der Waals surface area contributed by atoms with Crippen molar-refractivity contribution in [3.8, 4) is 11.3 Å². The van der Waals surface area contributed by atoms with Gasteiger partial charge >= 0.3 is 0 Å². The van der Waals surface area contributed by atoms with Gasteiger partial charge in [0.1, 0.15) is 5.69 Å². The van der Waals surface area contributed by atoms with Crippen LogP contribution < -0.4 is 5.32 Å². The summed E-state index contributed by atoms with van der Waals surface area (Å²) in [5, 5.41) is 3.37. The van der Waals surface area contributed by atoms with Crippen molar-refractivity contribution in [3.63, 3.8) is 0 Å². The molecule has 0 unspecified atom stereocenters. The van der Waals surface area contributed by atoms with Gasteiger partial charge in [-0.2, -0.15) is 0 Å². The topological polar surface area (TPSA) is 63.4 Å². The molecule has 1 aliphatic heterocycles. The highest BCUT2D eigenvalue weighted by atomic mass is 16.5. The number of anilines is 1. The maximum absolute atomic E-state index is 5.35. The first kappa shape index (κ1) is 14.0. The summed E-state index contributed by atoms with van der Waals surface area (Å²) in [5.41, 5.74) is 1.77. The van der Waals surface area contributed by atoms with Gasteiger partial charge in [0.15, 0.2) is 5.82 Å². The molecule has 0 aromatic carbocycles. The first-order chi connectivity index (χ1) is 10.4. The fraction of sp³-hybridized carbons (Fsp3) is 0.467. The third-order valence-electron chi connectivity index (χ3n) is 3.54. The molecule has 0 bridgehead atoms. The van der Waals surface area contributed by atoms with Crippen LogP contribution in [0.5, 0.6) is 0 Å². The second-order valence-electron chi connectivity index (χ2n) is 5.00. The zero-order chi connectivity index (χ0) is 14.3. The van der Waals surface area contributed by atoms with Gasteiger partial charge in [-0.25, -0.2) is 4.98 Å². The second-order valence-corrected chi connectivity index (χ2v) is 5.00. The van der Waals surface area contributed by atoms with E-state index in [1.807, 2.05) is 6.07 Å². The molecule has 2 aromatic heterocycles. The minimum Gasteiger partial charge on any atom is -0.472 e. The van der Waals surface area contributed by atoms with Crippen LogP contribution in [-0.4, -0.2) is 54.3 Å². The van der Waals surface area contributed by atoms with E-state index < -0.39 is 0 Å². The third kappa shape index (κ3) is 3.80. The smallest absolute Gasteiger partial charge is 0.152 e. The highest BCUT2D eigenvalue weighted by Crippen LogP contribution is 2.23. The summed E-state index contributed by atoms with van der Waals surface area (Å²) in [6, 6.07) is 1.89. The van der Waals surface area contributed by atoms with Crippen LogP contribution >= 0.6 is 0 Å². The van der Waals surface area contributed by atoms with Crippen LogP contribution in [-0.2, 0) is 4.74 Å². The fourth-order valence-electron chi connectivity index (χ4n) is 2.41. The molecule has 0 radical (unpaired) electrons. The van der Waals surface area contributed by atoms with Gasteiger partial charge in [-0.15, -0.1) is 0 Å². The molecule has 3 rings (SSSR count). The number of ether oxygens (including phenoxy) is 1. The Bertz CT molecular complexity index is 538. The van der Waals surface area contributed by atoms with Crippen molar-refractivity contribution in [1.29, 1.82) is 0 Å². The number of hydrogen-bond donors (Lipinski definition) is 1. The summed E-state index contributed by atoms with van der Waals surface area (Å²) in [6.45, 7) is 5.72. The van der Waals surface area contributed by atoms with Crippen LogP contribution in [0.15, 0.2) is 35.4 Å². The Hall–Kier alpha value is -1.92. The molecule has 0 spiro atoms. The van der Waals surface area contributed by atoms with Crippen LogP contribution in [0.2, 0.25) is 0 Å². The van der Waals surface area contributed by atoms with E-state index in [1.165, 1.54) is 0 Å². The molecule has 6 nitrogen and oxygen atoms in total. The van der Waals surface area contributed by atoms with E-state index in [1.54, 1.807) is 24.9 Å². The van der Waals surface area contributed by atoms with Crippen molar-refractivity contribution in [3.05, 3.63) is 31.0 Å². The molecule has 21 heavy (non-hydrogen) atoms. The quantitative estimate of drug-likeness (QED) is 0.819. The molecule has 112 valence electrons. The average molecular weight is 288 g/mol. The Labute approximate surface area is 124 Å². The van der Waals surface area contributed by atoms with Gasteiger partial charge in [0.05, 0.1) is 25.7 Å². The van der Waals surface area contributed by atoms with E-state index in [0.717, 1.165) is 62.9 Å². The number of aromatic nitrogens is 2. The molecule has 1 aliphatic rings. The largest absolute Gasteiger partial charge is 0.472 e. The minimum atomic E-state index is 0.806. The van der Waals surface area contributed by atoms with Gasteiger partial charge in [0.2, 0.25) is 0 Å². The molecule has 2 aromatic rings. The van der Waals surface area contributed by atoms with Gasteiger partial charge in [-0.1, -0.05) is 0 Å². The monoisotopic (exact) mass is 288 g/mol. The molecule has 0 amide bonds. The Balaban J connectivity index is 1.51. The lowest BCUT2D eigenvalue weighted by Crippen LogP contribution is -2.37. The molecule has 6 heteroatoms. The summed E-state index contributed by atoms with van der Waals surface area (Å²) in [5.74, 6) is 0.806. The zero-order valence-corrected chi connectivity index (χ0v) is 12.0. The average Bonchev–Trinajstić information content (AvgIpc) is 3.07. The molecule has 0 aliphatic carbocycles. The van der Waals surface area contributed by atoms with E-state index in [0.29, 0.717) is 0 Å².